The fourth-order valence-corrected chi connectivity index (χ4v) is 10.3. The van der Waals surface area contributed by atoms with E-state index in [1.165, 1.54) is 0 Å². The van der Waals surface area contributed by atoms with Gasteiger partial charge in [0.2, 0.25) is 0 Å². The van der Waals surface area contributed by atoms with Gasteiger partial charge < -0.3 is 183 Å². The number of aliphatic hydroxyl groups excluding tert-OH is 22. The molecule has 37 nitrogen and oxygen atoms in total. The van der Waals surface area contributed by atoms with Crippen molar-refractivity contribution < 1.29 is 183 Å². The lowest BCUT2D eigenvalue weighted by atomic mass is 9.95. The van der Waals surface area contributed by atoms with Crippen LogP contribution in [0.15, 0.2) is 0 Å². The molecule has 0 spiro atoms. The fourth-order valence-electron chi connectivity index (χ4n) is 10.3. The Kier molecular flexibility index (Phi) is 22.7. The maximum absolute atomic E-state index is 11.8. The van der Waals surface area contributed by atoms with Gasteiger partial charge >= 0.3 is 0 Å². The van der Waals surface area contributed by atoms with Crippen LogP contribution in [0.5, 0.6) is 0 Å². The summed E-state index contributed by atoms with van der Waals surface area (Å²) in [5, 5.41) is 234. The molecule has 36 atom stereocenters. The summed E-state index contributed by atoms with van der Waals surface area (Å²) >= 11 is 0. The molecule has 8 aliphatic heterocycles. The standard InChI is InChI=1S/C44H74O37/c45-1-11-19(53)27(61)39(72-11)79-34-14(4-48)74-43(31(34)65)81-36-18(52)10(50)6-68-44(36)70-8-16-35(80-40-28(62)21(55)20(54)15(75-40)7-69-38-26(60)17(51)9(49)5-67-38)24(58)30(64)42(76-16)78-33-13(3-47)73-41(29(63)23(33)57)77-32-12(2-46)71-37(66)25(59)22(32)56/h9-66H,1-8H2/t9-,10-,11-,12-,13-,14+,15-,16-,17+,18+,19-,20-,21+,22-,23-,24-,25-,26-,27+,28-,29-,30-,31-,32-,33-,34+,35-,36-,37?,38-,39+,40+,41+,42+,43+,44-/m1/s1. The topological polar surface area (TPSA) is 584 Å². The highest BCUT2D eigenvalue weighted by atomic mass is 16.8. The minimum Gasteiger partial charge on any atom is -0.394 e. The Labute approximate surface area is 457 Å². The molecule has 0 radical (unpaired) electrons. The van der Waals surface area contributed by atoms with E-state index in [0.717, 1.165) is 0 Å². The molecule has 8 heterocycles. The molecule has 8 aliphatic rings. The van der Waals surface area contributed by atoms with E-state index in [-0.39, 0.29) is 0 Å². The zero-order chi connectivity index (χ0) is 59.0. The summed E-state index contributed by atoms with van der Waals surface area (Å²) in [5.74, 6) is 0. The predicted octanol–water partition coefficient (Wildman–Crippen LogP) is -15.9. The van der Waals surface area contributed by atoms with Crippen molar-refractivity contribution in [3.8, 4) is 0 Å². The zero-order valence-corrected chi connectivity index (χ0v) is 42.4. The van der Waals surface area contributed by atoms with Gasteiger partial charge in [0.1, 0.15) is 171 Å². The largest absolute Gasteiger partial charge is 0.394 e. The first-order chi connectivity index (χ1) is 38.4. The van der Waals surface area contributed by atoms with Crippen LogP contribution in [0.1, 0.15) is 0 Å². The third-order valence-corrected chi connectivity index (χ3v) is 15.1. The van der Waals surface area contributed by atoms with Crippen molar-refractivity contribution in [1.29, 1.82) is 0 Å². The SMILES string of the molecule is OC[C@@H]1O[C@@H](O[C@H]2[C@@H](OC[C@H]3O[C@@H](O[C@H]4[C@H](O)[C@@H](O)[C@H](O[C@H]5[C@H](O)[C@@H](O)C(O)O[C@@H]5CO)O[C@@H]4CO)[C@H](O)[C@@H](O)[C@@H]3O[C@@H]3O[C@H](CO[C@H]4OC[C@@H](O)[C@H](O)[C@H]4O)[C@@H](O)[C@H](O)[C@H]3O)OC[C@@H](O)[C@@H]2O)[C@H](O)[C@H]1O[C@@H]1O[C@H](CO)[C@@H](O)[C@@H]1O. The van der Waals surface area contributed by atoms with E-state index in [1.54, 1.807) is 0 Å². The predicted molar refractivity (Wildman–Crippen MR) is 240 cm³/mol. The van der Waals surface area contributed by atoms with Gasteiger partial charge in [-0.05, 0) is 0 Å². The highest BCUT2D eigenvalue weighted by molar-refractivity contribution is 5.00. The number of rotatable bonds is 20. The molecule has 8 rings (SSSR count). The van der Waals surface area contributed by atoms with Crippen LogP contribution >= 0.6 is 0 Å². The van der Waals surface area contributed by atoms with E-state index in [1.807, 2.05) is 0 Å². The molecule has 0 amide bonds. The Hall–Kier alpha value is -1.48. The van der Waals surface area contributed by atoms with Crippen LogP contribution < -0.4 is 0 Å². The quantitative estimate of drug-likeness (QED) is 0.0538. The Balaban J connectivity index is 1.01. The van der Waals surface area contributed by atoms with Gasteiger partial charge in [0, 0.05) is 0 Å². The molecule has 0 aromatic heterocycles. The van der Waals surface area contributed by atoms with E-state index in [0.29, 0.717) is 0 Å². The Morgan fingerprint density at radius 2 is 0.593 bits per heavy atom. The van der Waals surface area contributed by atoms with Crippen molar-refractivity contribution >= 4 is 0 Å². The normalized spacial score (nSPS) is 53.7. The van der Waals surface area contributed by atoms with Crippen LogP contribution in [0.4, 0.5) is 0 Å². The molecule has 0 aromatic carbocycles. The van der Waals surface area contributed by atoms with Gasteiger partial charge in [-0.1, -0.05) is 0 Å². The minimum absolute atomic E-state index is 0.496. The van der Waals surface area contributed by atoms with Crippen LogP contribution in [0.25, 0.3) is 0 Å². The lowest BCUT2D eigenvalue weighted by Gasteiger charge is -2.49. The highest BCUT2D eigenvalue weighted by Gasteiger charge is 2.58. The Bertz CT molecular complexity index is 1920. The van der Waals surface area contributed by atoms with E-state index < -0.39 is 274 Å². The average Bonchev–Trinajstić information content (AvgIpc) is 4.03. The molecular weight excluding hydrogens is 1120 g/mol. The van der Waals surface area contributed by atoms with Gasteiger partial charge in [-0.15, -0.1) is 0 Å². The minimum atomic E-state index is -2.32. The second kappa shape index (κ2) is 28.1. The van der Waals surface area contributed by atoms with Crippen LogP contribution in [0.3, 0.4) is 0 Å². The molecule has 8 saturated heterocycles. The Morgan fingerprint density at radius 3 is 1.11 bits per heavy atom. The van der Waals surface area contributed by atoms with Crippen molar-refractivity contribution in [2.45, 2.75) is 221 Å². The lowest BCUT2D eigenvalue weighted by molar-refractivity contribution is -0.392. The Morgan fingerprint density at radius 1 is 0.259 bits per heavy atom. The van der Waals surface area contributed by atoms with E-state index >= 15 is 0 Å². The van der Waals surface area contributed by atoms with Crippen molar-refractivity contribution in [3.05, 3.63) is 0 Å². The summed E-state index contributed by atoms with van der Waals surface area (Å²) < 4.78 is 84.5. The van der Waals surface area contributed by atoms with Gasteiger partial charge in [-0.25, -0.2) is 0 Å². The van der Waals surface area contributed by atoms with Gasteiger partial charge in [0.05, 0.1) is 52.9 Å². The molecule has 37 heteroatoms. The average molecular weight is 1200 g/mol. The maximum Gasteiger partial charge on any atom is 0.187 e. The summed E-state index contributed by atoms with van der Waals surface area (Å²) in [5.41, 5.74) is 0. The van der Waals surface area contributed by atoms with Crippen molar-refractivity contribution in [2.24, 2.45) is 0 Å². The molecule has 81 heavy (non-hydrogen) atoms. The molecule has 0 aliphatic carbocycles. The summed E-state index contributed by atoms with van der Waals surface area (Å²) in [6.07, 6.45) is -67.4. The summed E-state index contributed by atoms with van der Waals surface area (Å²) in [6.45, 7) is -6.49. The van der Waals surface area contributed by atoms with E-state index in [4.69, 9.17) is 71.1 Å². The molecule has 0 bridgehead atoms. The molecule has 472 valence electrons. The second-order valence-corrected chi connectivity index (χ2v) is 20.6. The monoisotopic (exact) mass is 1190 g/mol. The van der Waals surface area contributed by atoms with Crippen LogP contribution in [-0.4, -0.2) is 386 Å². The molecule has 22 N–H and O–H groups in total. The van der Waals surface area contributed by atoms with Crippen molar-refractivity contribution in [1.82, 2.24) is 0 Å². The molecular formula is C44H74O37. The third-order valence-electron chi connectivity index (χ3n) is 15.1. The van der Waals surface area contributed by atoms with Crippen LogP contribution in [0.2, 0.25) is 0 Å². The number of hydrogen-bond acceptors (Lipinski definition) is 37. The van der Waals surface area contributed by atoms with E-state index in [2.05, 4.69) is 0 Å². The van der Waals surface area contributed by atoms with Gasteiger partial charge in [-0.2, -0.15) is 0 Å². The molecule has 0 saturated carbocycles. The molecule has 0 aromatic rings. The lowest BCUT2D eigenvalue weighted by Crippen LogP contribution is -2.67. The van der Waals surface area contributed by atoms with Gasteiger partial charge in [0.25, 0.3) is 0 Å². The summed E-state index contributed by atoms with van der Waals surface area (Å²) in [6, 6.07) is 0. The summed E-state index contributed by atoms with van der Waals surface area (Å²) in [7, 11) is 0. The van der Waals surface area contributed by atoms with Crippen LogP contribution in [-0.2, 0) is 71.1 Å². The smallest absolute Gasteiger partial charge is 0.187 e. The first-order valence-corrected chi connectivity index (χ1v) is 25.8. The van der Waals surface area contributed by atoms with Crippen molar-refractivity contribution in [2.75, 3.05) is 52.9 Å². The second-order valence-electron chi connectivity index (χ2n) is 20.6. The van der Waals surface area contributed by atoms with Crippen LogP contribution in [0, 0.1) is 0 Å². The number of hydrogen-bond donors (Lipinski definition) is 22. The van der Waals surface area contributed by atoms with Crippen molar-refractivity contribution in [3.63, 3.8) is 0 Å². The van der Waals surface area contributed by atoms with E-state index in [9.17, 15) is 112 Å². The summed E-state index contributed by atoms with van der Waals surface area (Å²) in [4.78, 5) is 0. The molecule has 1 unspecified atom stereocenters. The first-order valence-electron chi connectivity index (χ1n) is 25.8. The number of ether oxygens (including phenoxy) is 15. The highest BCUT2D eigenvalue weighted by Crippen LogP contribution is 2.37. The van der Waals surface area contributed by atoms with Gasteiger partial charge in [0.15, 0.2) is 50.3 Å². The van der Waals surface area contributed by atoms with Gasteiger partial charge in [-0.3, -0.25) is 0 Å². The fraction of sp³-hybridized carbons (Fsp3) is 1.00. The maximum atomic E-state index is 11.8. The first kappa shape index (κ1) is 65.5. The number of aliphatic hydroxyl groups is 22. The zero-order valence-electron chi connectivity index (χ0n) is 42.4. The third kappa shape index (κ3) is 13.8. The molecule has 8 fully saturated rings.